The molecule has 0 radical (unpaired) electrons. The summed E-state index contributed by atoms with van der Waals surface area (Å²) in [5.74, 6) is 1.07. The van der Waals surface area contributed by atoms with Crippen molar-refractivity contribution >= 4 is 12.0 Å². The van der Waals surface area contributed by atoms with Crippen molar-refractivity contribution in [2.45, 2.75) is 62.8 Å². The Bertz CT molecular complexity index is 1090. The third-order valence-corrected chi connectivity index (χ3v) is 6.76. The van der Waals surface area contributed by atoms with Crippen molar-refractivity contribution in [1.82, 2.24) is 20.3 Å². The Hall–Kier alpha value is -3.14. The van der Waals surface area contributed by atoms with Crippen LogP contribution in [-0.4, -0.2) is 46.2 Å². The Morgan fingerprint density at radius 3 is 2.37 bits per heavy atom. The third-order valence-electron chi connectivity index (χ3n) is 6.76. The average molecular weight is 487 g/mol. The van der Waals surface area contributed by atoms with Gasteiger partial charge in [-0.05, 0) is 25.7 Å². The van der Waals surface area contributed by atoms with Gasteiger partial charge in [0, 0.05) is 49.2 Å². The summed E-state index contributed by atoms with van der Waals surface area (Å²) in [6.07, 6.45) is 5.29. The fraction of sp³-hybridized carbons (Fsp3) is 0.480. The lowest BCUT2D eigenvalue weighted by molar-refractivity contribution is -0.138. The number of rotatable bonds is 6. The van der Waals surface area contributed by atoms with Crippen LogP contribution in [0.5, 0.6) is 0 Å². The summed E-state index contributed by atoms with van der Waals surface area (Å²) in [4.78, 5) is 14.4. The summed E-state index contributed by atoms with van der Waals surface area (Å²) in [5, 5.41) is 7.28. The predicted octanol–water partition coefficient (Wildman–Crippen LogP) is 5.13. The zero-order chi connectivity index (χ0) is 24.3. The number of aromatic nitrogens is 3. The van der Waals surface area contributed by atoms with Gasteiger partial charge in [0.1, 0.15) is 0 Å². The van der Waals surface area contributed by atoms with Gasteiger partial charge < -0.3 is 20.0 Å². The topological polar surface area (TPSA) is 79.1 Å². The molecule has 0 amide bonds. The highest BCUT2D eigenvalue weighted by Crippen LogP contribution is 2.29. The van der Waals surface area contributed by atoms with Crippen LogP contribution >= 0.6 is 0 Å². The summed E-state index contributed by atoms with van der Waals surface area (Å²) < 4.78 is 44.5. The number of nitrogens with zero attached hydrogens (tertiary/aromatic N) is 4. The van der Waals surface area contributed by atoms with Crippen LogP contribution in [0.25, 0.3) is 11.3 Å². The quantitative estimate of drug-likeness (QED) is 0.500. The molecule has 10 heteroatoms. The van der Waals surface area contributed by atoms with Crippen molar-refractivity contribution in [1.29, 1.82) is 0 Å². The van der Waals surface area contributed by atoms with Crippen LogP contribution in [0.15, 0.2) is 53.3 Å². The molecule has 0 bridgehead atoms. The van der Waals surface area contributed by atoms with E-state index >= 15 is 0 Å². The van der Waals surface area contributed by atoms with Gasteiger partial charge >= 0.3 is 6.18 Å². The molecule has 1 saturated carbocycles. The van der Waals surface area contributed by atoms with Gasteiger partial charge in [-0.1, -0.05) is 43.2 Å². The molecule has 0 spiro atoms. The average Bonchev–Trinajstić information content (AvgIpc) is 3.34. The molecule has 2 aromatic heterocycles. The zero-order valence-corrected chi connectivity index (χ0v) is 19.3. The number of oxazole rings is 1. The highest BCUT2D eigenvalue weighted by atomic mass is 19.4. The Labute approximate surface area is 202 Å². The lowest BCUT2D eigenvalue weighted by Gasteiger charge is -2.39. The minimum Gasteiger partial charge on any atom is -0.424 e. The van der Waals surface area contributed by atoms with Gasteiger partial charge in [-0.25, -0.2) is 15.0 Å². The van der Waals surface area contributed by atoms with Gasteiger partial charge in [-0.3, -0.25) is 0 Å². The molecule has 2 fully saturated rings. The lowest BCUT2D eigenvalue weighted by Crippen LogP contribution is -2.55. The highest BCUT2D eigenvalue weighted by Gasteiger charge is 2.33. The van der Waals surface area contributed by atoms with Gasteiger partial charge in [0.25, 0.3) is 6.01 Å². The number of hydrogen-bond donors (Lipinski definition) is 2. The van der Waals surface area contributed by atoms with Crippen molar-refractivity contribution in [3.63, 3.8) is 0 Å². The summed E-state index contributed by atoms with van der Waals surface area (Å²) in [6.45, 7) is 1.39. The first-order valence-electron chi connectivity index (χ1n) is 12.1. The molecule has 186 valence electrons. The van der Waals surface area contributed by atoms with E-state index in [-0.39, 0.29) is 18.1 Å². The lowest BCUT2D eigenvalue weighted by atomic mass is 9.89. The molecular formula is C25H29F3N6O. The van der Waals surface area contributed by atoms with Crippen LogP contribution in [0.2, 0.25) is 0 Å². The second-order valence-electron chi connectivity index (χ2n) is 9.26. The molecule has 3 aromatic rings. The van der Waals surface area contributed by atoms with Crippen molar-refractivity contribution in [2.24, 2.45) is 0 Å². The maximum atomic E-state index is 12.8. The predicted molar refractivity (Wildman–Crippen MR) is 127 cm³/mol. The van der Waals surface area contributed by atoms with E-state index < -0.39 is 11.7 Å². The largest absolute Gasteiger partial charge is 0.424 e. The van der Waals surface area contributed by atoms with Crippen LogP contribution in [0.1, 0.15) is 44.1 Å². The van der Waals surface area contributed by atoms with Gasteiger partial charge in [-0.2, -0.15) is 13.2 Å². The fourth-order valence-corrected chi connectivity index (χ4v) is 4.97. The van der Waals surface area contributed by atoms with Gasteiger partial charge in [0.05, 0.1) is 11.8 Å². The first-order chi connectivity index (χ1) is 17.0. The summed E-state index contributed by atoms with van der Waals surface area (Å²) >= 11 is 0. The van der Waals surface area contributed by atoms with Crippen LogP contribution in [0.3, 0.4) is 0 Å². The number of halogens is 3. The molecule has 3 heterocycles. The monoisotopic (exact) mass is 486 g/mol. The minimum absolute atomic E-state index is 0.184. The fourth-order valence-electron chi connectivity index (χ4n) is 4.97. The molecular weight excluding hydrogens is 457 g/mol. The molecule has 2 aliphatic rings. The van der Waals surface area contributed by atoms with Gasteiger partial charge in [0.2, 0.25) is 5.95 Å². The van der Waals surface area contributed by atoms with Crippen molar-refractivity contribution in [2.75, 3.05) is 23.3 Å². The SMILES string of the molecule is FC(F)(F)c1cnc(N2CCCC(NC3CCCCC3Nc3ncc(-c4ccccc4)o3)C2)nc1. The Kier molecular flexibility index (Phi) is 6.90. The molecule has 3 unspecified atom stereocenters. The molecule has 1 aromatic carbocycles. The Morgan fingerprint density at radius 2 is 1.63 bits per heavy atom. The van der Waals surface area contributed by atoms with Gasteiger partial charge in [0.15, 0.2) is 5.76 Å². The first kappa shape index (κ1) is 23.6. The third kappa shape index (κ3) is 5.75. The van der Waals surface area contributed by atoms with E-state index in [1.165, 1.54) is 0 Å². The molecule has 1 aliphatic heterocycles. The van der Waals surface area contributed by atoms with Crippen molar-refractivity contribution in [3.8, 4) is 11.3 Å². The summed E-state index contributed by atoms with van der Waals surface area (Å²) in [6, 6.07) is 11.0. The standard InChI is InChI=1S/C25H29F3N6O/c26-25(27,28)18-13-29-23(30-14-18)34-12-6-9-19(16-34)32-20-10-4-5-11-21(20)33-24-31-15-22(35-24)17-7-2-1-3-8-17/h1-3,7-8,13-15,19-21,32H,4-6,9-12,16H2,(H,31,33). The zero-order valence-electron chi connectivity index (χ0n) is 19.3. The Morgan fingerprint density at radius 1 is 0.886 bits per heavy atom. The molecule has 5 rings (SSSR count). The molecule has 2 N–H and O–H groups in total. The maximum absolute atomic E-state index is 12.8. The van der Waals surface area contributed by atoms with Crippen LogP contribution < -0.4 is 15.5 Å². The van der Waals surface area contributed by atoms with E-state index in [2.05, 4.69) is 25.6 Å². The van der Waals surface area contributed by atoms with E-state index in [1.807, 2.05) is 35.2 Å². The number of hydrogen-bond acceptors (Lipinski definition) is 7. The normalized spacial score (nSPS) is 23.3. The van der Waals surface area contributed by atoms with E-state index in [9.17, 15) is 13.2 Å². The van der Waals surface area contributed by atoms with E-state index in [0.29, 0.717) is 18.5 Å². The molecule has 7 nitrogen and oxygen atoms in total. The second-order valence-corrected chi connectivity index (χ2v) is 9.26. The van der Waals surface area contributed by atoms with Gasteiger partial charge in [-0.15, -0.1) is 0 Å². The van der Waals surface area contributed by atoms with Crippen LogP contribution in [0, 0.1) is 0 Å². The van der Waals surface area contributed by atoms with Crippen LogP contribution in [-0.2, 0) is 6.18 Å². The Balaban J connectivity index is 1.21. The highest BCUT2D eigenvalue weighted by molar-refractivity contribution is 5.57. The molecule has 3 atom stereocenters. The summed E-state index contributed by atoms with van der Waals surface area (Å²) in [7, 11) is 0. The minimum atomic E-state index is -4.43. The van der Waals surface area contributed by atoms with E-state index in [4.69, 9.17) is 4.42 Å². The molecule has 35 heavy (non-hydrogen) atoms. The van der Waals surface area contributed by atoms with E-state index in [0.717, 1.165) is 68.8 Å². The molecule has 1 aliphatic carbocycles. The number of alkyl halides is 3. The molecule has 1 saturated heterocycles. The smallest absolute Gasteiger partial charge is 0.419 e. The number of anilines is 2. The maximum Gasteiger partial charge on any atom is 0.419 e. The summed E-state index contributed by atoms with van der Waals surface area (Å²) in [5.41, 5.74) is 0.158. The van der Waals surface area contributed by atoms with Crippen LogP contribution in [0.4, 0.5) is 25.1 Å². The van der Waals surface area contributed by atoms with E-state index in [1.54, 1.807) is 6.20 Å². The second kappa shape index (κ2) is 10.2. The van der Waals surface area contributed by atoms with Crippen molar-refractivity contribution in [3.05, 3.63) is 54.5 Å². The van der Waals surface area contributed by atoms with Crippen molar-refractivity contribution < 1.29 is 17.6 Å². The number of benzene rings is 1. The first-order valence-corrected chi connectivity index (χ1v) is 12.1. The number of nitrogens with one attached hydrogen (secondary N) is 2. The number of piperidine rings is 1.